The summed E-state index contributed by atoms with van der Waals surface area (Å²) in [6, 6.07) is 12.5. The second-order valence-electron chi connectivity index (χ2n) is 8.98. The highest BCUT2D eigenvalue weighted by molar-refractivity contribution is 7.70. The summed E-state index contributed by atoms with van der Waals surface area (Å²) < 4.78 is 18.2. The lowest BCUT2D eigenvalue weighted by atomic mass is 10.2. The van der Waals surface area contributed by atoms with E-state index in [0.29, 0.717) is 39.0 Å². The Labute approximate surface area is 214 Å². The molecule has 1 aromatic heterocycles. The van der Waals surface area contributed by atoms with Crippen LogP contribution in [0.1, 0.15) is 12.8 Å². The third-order valence-electron chi connectivity index (χ3n) is 5.59. The molecule has 0 radical (unpaired) electrons. The van der Waals surface area contributed by atoms with Gasteiger partial charge in [0.2, 0.25) is 11.9 Å². The van der Waals surface area contributed by atoms with Gasteiger partial charge in [0.05, 0.1) is 24.7 Å². The number of carbonyl (C=O) groups is 1. The lowest BCUT2D eigenvalue weighted by Crippen LogP contribution is -2.19. The fourth-order valence-corrected chi connectivity index (χ4v) is 4.73. The highest BCUT2D eigenvalue weighted by Gasteiger charge is 2.35. The monoisotopic (exact) mass is 526 g/mol. The molecule has 4 rings (SSSR count). The summed E-state index contributed by atoms with van der Waals surface area (Å²) in [6.45, 7) is 3.41. The summed E-state index contributed by atoms with van der Waals surface area (Å²) in [5.41, 5.74) is 7.39. The van der Waals surface area contributed by atoms with E-state index in [-0.39, 0.29) is 17.4 Å². The second kappa shape index (κ2) is 10.3. The Balaban J connectivity index is 1.55. The van der Waals surface area contributed by atoms with E-state index in [1.54, 1.807) is 37.6 Å². The van der Waals surface area contributed by atoms with E-state index < -0.39 is 7.14 Å². The number of benzene rings is 2. The molecule has 188 valence electrons. The average molecular weight is 527 g/mol. The minimum absolute atomic E-state index is 0.246. The zero-order valence-corrected chi connectivity index (χ0v) is 21.9. The van der Waals surface area contributed by atoms with Crippen molar-refractivity contribution in [2.75, 3.05) is 36.4 Å². The summed E-state index contributed by atoms with van der Waals surface area (Å²) in [5, 5.41) is 10.1. The Morgan fingerprint density at radius 3 is 2.61 bits per heavy atom. The minimum Gasteiger partial charge on any atom is -0.495 e. The molecule has 9 nitrogen and oxygen atoms in total. The Bertz CT molecular complexity index is 1370. The molecule has 1 aliphatic rings. The number of halogens is 1. The Morgan fingerprint density at radius 2 is 1.92 bits per heavy atom. The predicted molar refractivity (Wildman–Crippen MR) is 146 cm³/mol. The summed E-state index contributed by atoms with van der Waals surface area (Å²) in [7, 11) is -1.00. The molecule has 0 aliphatic heterocycles. The van der Waals surface area contributed by atoms with Crippen LogP contribution in [0.2, 0.25) is 5.02 Å². The van der Waals surface area contributed by atoms with Crippen LogP contribution in [0.5, 0.6) is 5.75 Å². The molecule has 3 aromatic rings. The standard InChI is InChI=1S/C25H28ClN6O3P/c1-35-20-9-8-16(29-22(33)10-11-25(27)12-13-25)14-19(20)31-24-28-15-17(26)23(32-24)30-18-6-4-5-7-21(18)36(2,3)34/h4-11,14-15H,12-13,27H2,1-3H3,(H,29,33)(H2,28,30,31,32). The van der Waals surface area contributed by atoms with Gasteiger partial charge < -0.3 is 31.0 Å². The smallest absolute Gasteiger partial charge is 0.248 e. The van der Waals surface area contributed by atoms with Crippen molar-refractivity contribution in [3.8, 4) is 5.75 Å². The van der Waals surface area contributed by atoms with Crippen molar-refractivity contribution in [3.63, 3.8) is 0 Å². The van der Waals surface area contributed by atoms with Gasteiger partial charge in [-0.25, -0.2) is 4.98 Å². The number of nitrogens with zero attached hydrogens (tertiary/aromatic N) is 2. The van der Waals surface area contributed by atoms with Gasteiger partial charge in [0.25, 0.3) is 0 Å². The van der Waals surface area contributed by atoms with Crippen molar-refractivity contribution in [3.05, 3.63) is 65.8 Å². The second-order valence-corrected chi connectivity index (χ2v) is 12.6. The SMILES string of the molecule is COc1ccc(NC(=O)C=CC2(N)CC2)cc1Nc1ncc(Cl)c(Nc2ccccc2P(C)(C)=O)n1. The number of rotatable bonds is 9. The first-order chi connectivity index (χ1) is 17.1. The van der Waals surface area contributed by atoms with Gasteiger partial charge in [-0.05, 0) is 56.5 Å². The first kappa shape index (κ1) is 25.7. The van der Waals surface area contributed by atoms with Crippen molar-refractivity contribution in [2.24, 2.45) is 5.73 Å². The molecule has 0 atom stereocenters. The molecule has 5 N–H and O–H groups in total. The van der Waals surface area contributed by atoms with E-state index in [2.05, 4.69) is 25.9 Å². The molecule has 1 amide bonds. The lowest BCUT2D eigenvalue weighted by molar-refractivity contribution is -0.111. The maximum Gasteiger partial charge on any atom is 0.248 e. The normalized spacial score (nSPS) is 14.4. The van der Waals surface area contributed by atoms with Gasteiger partial charge in [-0.2, -0.15) is 4.98 Å². The van der Waals surface area contributed by atoms with E-state index in [9.17, 15) is 9.36 Å². The Kier molecular flexibility index (Phi) is 7.36. The molecule has 1 aliphatic carbocycles. The molecule has 1 saturated carbocycles. The quantitative estimate of drug-likeness (QED) is 0.230. The molecular weight excluding hydrogens is 499 g/mol. The van der Waals surface area contributed by atoms with Crippen LogP contribution in [0.25, 0.3) is 0 Å². The Morgan fingerprint density at radius 1 is 1.17 bits per heavy atom. The van der Waals surface area contributed by atoms with E-state index in [1.807, 2.05) is 24.3 Å². The van der Waals surface area contributed by atoms with Gasteiger partial charge in [0.1, 0.15) is 17.9 Å². The van der Waals surface area contributed by atoms with Crippen LogP contribution in [0.4, 0.5) is 28.8 Å². The zero-order chi connectivity index (χ0) is 25.9. The van der Waals surface area contributed by atoms with Gasteiger partial charge in [-0.3, -0.25) is 4.79 Å². The summed E-state index contributed by atoms with van der Waals surface area (Å²) in [4.78, 5) is 21.0. The number of hydrogen-bond donors (Lipinski definition) is 4. The van der Waals surface area contributed by atoms with E-state index >= 15 is 0 Å². The summed E-state index contributed by atoms with van der Waals surface area (Å²) in [5.74, 6) is 0.842. The summed E-state index contributed by atoms with van der Waals surface area (Å²) in [6.07, 6.45) is 6.41. The van der Waals surface area contributed by atoms with Gasteiger partial charge in [0, 0.05) is 22.6 Å². The molecule has 11 heteroatoms. The lowest BCUT2D eigenvalue weighted by Gasteiger charge is -2.16. The largest absolute Gasteiger partial charge is 0.495 e. The number of methoxy groups -OCH3 is 1. The number of ether oxygens (including phenoxy) is 1. The van der Waals surface area contributed by atoms with E-state index in [1.165, 1.54) is 19.4 Å². The van der Waals surface area contributed by atoms with Crippen molar-refractivity contribution in [1.82, 2.24) is 9.97 Å². The minimum atomic E-state index is -2.54. The van der Waals surface area contributed by atoms with Crippen LogP contribution in [0.3, 0.4) is 0 Å². The van der Waals surface area contributed by atoms with E-state index in [4.69, 9.17) is 22.1 Å². The number of aromatic nitrogens is 2. The zero-order valence-electron chi connectivity index (χ0n) is 20.2. The molecular formula is C25H28ClN6O3P. The van der Waals surface area contributed by atoms with Crippen LogP contribution in [0.15, 0.2) is 60.8 Å². The highest BCUT2D eigenvalue weighted by atomic mass is 35.5. The fourth-order valence-electron chi connectivity index (χ4n) is 3.43. The van der Waals surface area contributed by atoms with Crippen LogP contribution in [-0.4, -0.2) is 41.9 Å². The molecule has 1 heterocycles. The first-order valence-corrected chi connectivity index (χ1v) is 14.2. The fraction of sp³-hybridized carbons (Fsp3) is 0.240. The third kappa shape index (κ3) is 6.43. The number of anilines is 5. The Hall–Kier alpha value is -3.39. The van der Waals surface area contributed by atoms with Gasteiger partial charge in [0.15, 0.2) is 5.82 Å². The van der Waals surface area contributed by atoms with Crippen LogP contribution in [-0.2, 0) is 9.36 Å². The van der Waals surface area contributed by atoms with Crippen molar-refractivity contribution in [2.45, 2.75) is 18.4 Å². The van der Waals surface area contributed by atoms with Gasteiger partial charge >= 0.3 is 0 Å². The third-order valence-corrected chi connectivity index (χ3v) is 7.42. The molecule has 0 bridgehead atoms. The summed E-state index contributed by atoms with van der Waals surface area (Å²) >= 11 is 6.35. The molecule has 36 heavy (non-hydrogen) atoms. The number of amides is 1. The van der Waals surface area contributed by atoms with Crippen molar-refractivity contribution in [1.29, 1.82) is 0 Å². The predicted octanol–water partition coefficient (Wildman–Crippen LogP) is 4.86. The average Bonchev–Trinajstić information content (AvgIpc) is 3.57. The molecule has 0 saturated heterocycles. The molecule has 1 fully saturated rings. The molecule has 2 aromatic carbocycles. The van der Waals surface area contributed by atoms with Crippen LogP contribution in [0, 0.1) is 0 Å². The number of nitrogens with two attached hydrogens (primary N) is 1. The van der Waals surface area contributed by atoms with Crippen molar-refractivity contribution >= 4 is 58.8 Å². The topological polar surface area (TPSA) is 131 Å². The van der Waals surface area contributed by atoms with Crippen LogP contribution >= 0.6 is 18.7 Å². The number of hydrogen-bond acceptors (Lipinski definition) is 8. The maximum atomic E-state index is 12.7. The molecule has 0 spiro atoms. The number of nitrogens with one attached hydrogen (secondary N) is 3. The van der Waals surface area contributed by atoms with Gasteiger partial charge in [-0.15, -0.1) is 0 Å². The maximum absolute atomic E-state index is 12.7. The number of carbonyl (C=O) groups excluding carboxylic acids is 1. The van der Waals surface area contributed by atoms with Crippen LogP contribution < -0.4 is 31.7 Å². The van der Waals surface area contributed by atoms with E-state index in [0.717, 1.165) is 12.8 Å². The molecule has 0 unspecified atom stereocenters. The van der Waals surface area contributed by atoms with Gasteiger partial charge in [-0.1, -0.05) is 29.8 Å². The highest BCUT2D eigenvalue weighted by Crippen LogP contribution is 2.39. The first-order valence-electron chi connectivity index (χ1n) is 11.2. The number of para-hydroxylation sites is 1. The van der Waals surface area contributed by atoms with Crippen molar-refractivity contribution < 1.29 is 14.1 Å².